The highest BCUT2D eigenvalue weighted by molar-refractivity contribution is 7.17. The summed E-state index contributed by atoms with van der Waals surface area (Å²) in [6.07, 6.45) is 7.04. The first-order chi connectivity index (χ1) is 15.9. The number of carbonyl (C=O) groups excluding carboxylic acids is 3. The Labute approximate surface area is 198 Å². The molecule has 3 aliphatic rings. The zero-order valence-electron chi connectivity index (χ0n) is 17.6. The van der Waals surface area contributed by atoms with E-state index in [-0.39, 0.29) is 35.8 Å². The Morgan fingerprint density at radius 2 is 2.09 bits per heavy atom. The number of hydrogen-bond acceptors (Lipinski definition) is 7. The maximum atomic E-state index is 14.1. The van der Waals surface area contributed by atoms with Crippen molar-refractivity contribution in [3.05, 3.63) is 35.5 Å². The topological polar surface area (TPSA) is 101 Å². The van der Waals surface area contributed by atoms with E-state index >= 15 is 0 Å². The number of likely N-dealkylation sites (tertiary alicyclic amines) is 1. The molecule has 1 N–H and O–H groups in total. The maximum Gasteiger partial charge on any atom is 0.280 e. The van der Waals surface area contributed by atoms with Crippen LogP contribution in [0.4, 0.5) is 4.39 Å². The maximum absolute atomic E-state index is 14.1. The number of aromatic nitrogens is 2. The molecule has 1 aliphatic carbocycles. The number of amides is 2. The van der Waals surface area contributed by atoms with Crippen LogP contribution in [0, 0.1) is 11.7 Å². The first kappa shape index (κ1) is 22.4. The van der Waals surface area contributed by atoms with Gasteiger partial charge in [-0.2, -0.15) is 0 Å². The molecule has 2 aromatic rings. The molecule has 1 saturated carbocycles. The number of hydrogen-bond donors (Lipinski definition) is 1. The molecule has 2 saturated heterocycles. The third-order valence-electron chi connectivity index (χ3n) is 6.57. The fourth-order valence-corrected chi connectivity index (χ4v) is 6.16. The Kier molecular flexibility index (Phi) is 6.15. The number of rotatable bonds is 5. The molecule has 4 unspecified atom stereocenters. The van der Waals surface area contributed by atoms with Gasteiger partial charge in [0.2, 0.25) is 5.91 Å². The summed E-state index contributed by atoms with van der Waals surface area (Å²) >= 11 is 7.40. The minimum atomic E-state index is -0.791. The zero-order valence-corrected chi connectivity index (χ0v) is 19.2. The summed E-state index contributed by atoms with van der Waals surface area (Å²) in [5.41, 5.74) is 0.306. The lowest BCUT2D eigenvalue weighted by molar-refractivity contribution is -0.139. The van der Waals surface area contributed by atoms with Gasteiger partial charge in [0.15, 0.2) is 10.8 Å². The number of nitrogens with one attached hydrogen (secondary N) is 1. The Morgan fingerprint density at radius 1 is 1.30 bits per heavy atom. The molecule has 11 heteroatoms. The second-order valence-electron chi connectivity index (χ2n) is 8.57. The summed E-state index contributed by atoms with van der Waals surface area (Å²) in [5.74, 6) is -1.53. The van der Waals surface area contributed by atoms with Gasteiger partial charge in [-0.1, -0.05) is 12.8 Å². The van der Waals surface area contributed by atoms with Crippen molar-refractivity contribution >= 4 is 40.5 Å². The van der Waals surface area contributed by atoms with Crippen molar-refractivity contribution < 1.29 is 23.5 Å². The number of ether oxygens (including phenoxy) is 1. The molecule has 0 bridgehead atoms. The van der Waals surface area contributed by atoms with Crippen LogP contribution >= 0.6 is 22.9 Å². The summed E-state index contributed by atoms with van der Waals surface area (Å²) < 4.78 is 19.6. The van der Waals surface area contributed by atoms with Gasteiger partial charge in [-0.25, -0.2) is 9.37 Å². The molecular formula is C22H22ClFN4O4S. The molecule has 8 nitrogen and oxygen atoms in total. The third kappa shape index (κ3) is 4.15. The molecule has 0 radical (unpaired) electrons. The number of fused-ring (bicyclic) bond motifs is 1. The zero-order chi connectivity index (χ0) is 23.1. The van der Waals surface area contributed by atoms with Gasteiger partial charge in [-0.3, -0.25) is 19.4 Å². The molecular weight excluding hydrogens is 471 g/mol. The van der Waals surface area contributed by atoms with Crippen LogP contribution in [0.2, 0.25) is 0 Å². The predicted molar refractivity (Wildman–Crippen MR) is 118 cm³/mol. The molecule has 2 aliphatic heterocycles. The molecule has 2 amide bonds. The van der Waals surface area contributed by atoms with Crippen molar-refractivity contribution in [1.29, 1.82) is 0 Å². The molecule has 0 aromatic carbocycles. The van der Waals surface area contributed by atoms with Crippen molar-refractivity contribution in [1.82, 2.24) is 20.2 Å². The van der Waals surface area contributed by atoms with Gasteiger partial charge in [-0.15, -0.1) is 22.9 Å². The average molecular weight is 493 g/mol. The van der Waals surface area contributed by atoms with E-state index in [1.54, 1.807) is 0 Å². The van der Waals surface area contributed by atoms with E-state index in [2.05, 4.69) is 15.3 Å². The SMILES string of the molecule is O=C(NC(C(=O)N1CC(Cl)C2OCC(=O)C21)C1CCCC1)c1ncc(-c2ccncc2F)s1. The first-order valence-corrected chi connectivity index (χ1v) is 12.1. The highest BCUT2D eigenvalue weighted by Gasteiger charge is 2.53. The van der Waals surface area contributed by atoms with E-state index in [4.69, 9.17) is 16.3 Å². The highest BCUT2D eigenvalue weighted by atomic mass is 35.5. The number of halogens is 2. The molecule has 5 rings (SSSR count). The fourth-order valence-electron chi connectivity index (χ4n) is 4.96. The van der Waals surface area contributed by atoms with Crippen molar-refractivity contribution in [2.24, 2.45) is 5.92 Å². The van der Waals surface area contributed by atoms with Gasteiger partial charge in [0.25, 0.3) is 5.91 Å². The highest BCUT2D eigenvalue weighted by Crippen LogP contribution is 2.35. The Bertz CT molecular complexity index is 1090. The van der Waals surface area contributed by atoms with Crippen molar-refractivity contribution in [2.45, 2.75) is 49.2 Å². The Hall–Kier alpha value is -2.43. The molecule has 4 atom stereocenters. The van der Waals surface area contributed by atoms with Crippen molar-refractivity contribution in [3.63, 3.8) is 0 Å². The van der Waals surface area contributed by atoms with Crippen LogP contribution in [-0.2, 0) is 14.3 Å². The lowest BCUT2D eigenvalue weighted by Crippen LogP contribution is -2.54. The summed E-state index contributed by atoms with van der Waals surface area (Å²) in [6, 6.07) is 0.0191. The summed E-state index contributed by atoms with van der Waals surface area (Å²) in [4.78, 5) is 48.8. The number of thiazole rings is 1. The van der Waals surface area contributed by atoms with Crippen LogP contribution in [0.1, 0.15) is 35.5 Å². The van der Waals surface area contributed by atoms with Gasteiger partial charge in [0.05, 0.1) is 16.5 Å². The van der Waals surface area contributed by atoms with Crippen LogP contribution in [0.15, 0.2) is 24.7 Å². The minimum Gasteiger partial charge on any atom is -0.366 e. The second kappa shape index (κ2) is 9.08. The van der Waals surface area contributed by atoms with Gasteiger partial charge in [-0.05, 0) is 24.8 Å². The summed E-state index contributed by atoms with van der Waals surface area (Å²) in [7, 11) is 0. The second-order valence-corrected chi connectivity index (χ2v) is 10.2. The van der Waals surface area contributed by atoms with Crippen LogP contribution in [-0.4, -0.2) is 69.2 Å². The molecule has 33 heavy (non-hydrogen) atoms. The normalized spacial score (nSPS) is 25.9. The summed E-state index contributed by atoms with van der Waals surface area (Å²) in [6.45, 7) is 0.138. The number of Topliss-reactive ketones (excluding diaryl/α,β-unsaturated/α-hetero) is 1. The first-order valence-electron chi connectivity index (χ1n) is 10.9. The van der Waals surface area contributed by atoms with E-state index in [9.17, 15) is 18.8 Å². The standard InChI is InChI=1S/C22H22ClFN4O4S/c23-13-9-28(18-15(29)10-32-19(13)18)22(31)17(11-3-1-2-4-11)27-20(30)21-26-8-16(33-21)12-5-6-25-7-14(12)24/h5-8,11,13,17-19H,1-4,9-10H2,(H,27,30). The van der Waals surface area contributed by atoms with Crippen molar-refractivity contribution in [3.8, 4) is 10.4 Å². The van der Waals surface area contributed by atoms with E-state index in [1.807, 2.05) is 0 Å². The number of ketones is 1. The molecule has 4 heterocycles. The van der Waals surface area contributed by atoms with Gasteiger partial charge in [0.1, 0.15) is 30.6 Å². The fraction of sp³-hybridized carbons (Fsp3) is 0.500. The smallest absolute Gasteiger partial charge is 0.280 e. The van der Waals surface area contributed by atoms with E-state index in [0.717, 1.165) is 43.2 Å². The van der Waals surface area contributed by atoms with Crippen LogP contribution in [0.5, 0.6) is 0 Å². The van der Waals surface area contributed by atoms with E-state index in [0.29, 0.717) is 10.4 Å². The van der Waals surface area contributed by atoms with E-state index < -0.39 is 35.3 Å². The molecule has 2 aromatic heterocycles. The number of carbonyl (C=O) groups is 3. The Morgan fingerprint density at radius 3 is 2.85 bits per heavy atom. The van der Waals surface area contributed by atoms with Gasteiger partial charge in [0, 0.05) is 24.5 Å². The summed E-state index contributed by atoms with van der Waals surface area (Å²) in [5, 5.41) is 2.52. The Balaban J connectivity index is 1.37. The van der Waals surface area contributed by atoms with Gasteiger partial charge < -0.3 is 15.0 Å². The number of alkyl halides is 1. The quantitative estimate of drug-likeness (QED) is 0.643. The monoisotopic (exact) mass is 492 g/mol. The predicted octanol–water partition coefficient (Wildman–Crippen LogP) is 2.42. The third-order valence-corrected chi connectivity index (χ3v) is 7.98. The number of nitrogens with zero attached hydrogens (tertiary/aromatic N) is 3. The molecule has 3 fully saturated rings. The van der Waals surface area contributed by atoms with Crippen LogP contribution in [0.25, 0.3) is 10.4 Å². The minimum absolute atomic E-state index is 0.0382. The lowest BCUT2D eigenvalue weighted by atomic mass is 9.96. The lowest BCUT2D eigenvalue weighted by Gasteiger charge is -2.30. The van der Waals surface area contributed by atoms with Gasteiger partial charge >= 0.3 is 0 Å². The number of pyridine rings is 1. The average Bonchev–Trinajstić information content (AvgIpc) is 3.59. The van der Waals surface area contributed by atoms with Crippen LogP contribution < -0.4 is 5.32 Å². The molecule has 174 valence electrons. The molecule has 0 spiro atoms. The largest absolute Gasteiger partial charge is 0.366 e. The van der Waals surface area contributed by atoms with Crippen LogP contribution in [0.3, 0.4) is 0 Å². The van der Waals surface area contributed by atoms with E-state index in [1.165, 1.54) is 23.4 Å². The van der Waals surface area contributed by atoms with Crippen molar-refractivity contribution in [2.75, 3.05) is 13.2 Å².